The molecule has 14 heterocycles. The van der Waals surface area contributed by atoms with Gasteiger partial charge in [-0.1, -0.05) is 35.3 Å². The number of anilines is 5. The van der Waals surface area contributed by atoms with E-state index in [2.05, 4.69) is 122 Å². The van der Waals surface area contributed by atoms with Gasteiger partial charge in [-0.05, 0) is 204 Å². The lowest BCUT2D eigenvalue weighted by atomic mass is 10.1. The molecule has 0 bridgehead atoms. The Hall–Kier alpha value is -11.6. The van der Waals surface area contributed by atoms with Gasteiger partial charge in [0.25, 0.3) is 11.1 Å². The van der Waals surface area contributed by atoms with Crippen LogP contribution in [0.25, 0.3) is 49.5 Å². The molecule has 6 aliphatic rings. The molecule has 0 aliphatic carbocycles. The number of alkyl halides is 3. The van der Waals surface area contributed by atoms with Crippen molar-refractivity contribution in [1.82, 2.24) is 102 Å². The number of likely N-dealkylation sites (N-methyl/N-ethyl adjacent to an activating group) is 4. The number of aliphatic carboxylic acids is 1. The van der Waals surface area contributed by atoms with E-state index in [1.54, 1.807) is 86.8 Å². The maximum absolute atomic E-state index is 13.2. The molecule has 39 nitrogen and oxygen atoms in total. The first kappa shape index (κ1) is 110. The average Bonchev–Trinajstić information content (AvgIpc) is 1.60. The number of carbonyl (C=O) groups is 4. The summed E-state index contributed by atoms with van der Waals surface area (Å²) in [6.45, 7) is 42.4. The Labute approximate surface area is 811 Å². The Bertz CT molecular complexity index is 6060. The van der Waals surface area contributed by atoms with E-state index in [1.165, 1.54) is 9.13 Å². The van der Waals surface area contributed by atoms with E-state index in [1.807, 2.05) is 90.1 Å². The van der Waals surface area contributed by atoms with Crippen LogP contribution < -0.4 is 57.5 Å². The zero-order valence-electron chi connectivity index (χ0n) is 81.1. The molecule has 0 radical (unpaired) electrons. The minimum absolute atomic E-state index is 0. The molecule has 46 heteroatoms. The van der Waals surface area contributed by atoms with Crippen molar-refractivity contribution < 1.29 is 51.7 Å². The van der Waals surface area contributed by atoms with Gasteiger partial charge >= 0.3 is 41.9 Å². The molecule has 5 unspecified atom stereocenters. The number of aromatic nitrogens is 16. The number of amides is 3. The highest BCUT2D eigenvalue weighted by Crippen LogP contribution is 2.34. The summed E-state index contributed by atoms with van der Waals surface area (Å²) in [7, 11) is 12.2. The van der Waals surface area contributed by atoms with E-state index >= 15 is 0 Å². The standard InChI is InChI=1S/C21H29ClN6O3.C20H26Cl2N6O2.C19H27N7O.C17H21N7O.C11H22N2O2.C2HF3O2.ClH/c1-7-8-12-28-15-16(23-18(22)26(6)17(15)29)24-19(28)27-11-9-10-14(13-27)25(5)20(30)31-21(2,3)4;1-6-7-11-28-14-15(21)23-17(22)24-16(14)25-18(28)27-10-8-9-13(12-27)26(5)19(29)30-20(2,3)4;1-3-4-12-26-15-16(22-19(26)25-11-7-8-14(20)13-25)21-18(23(2)17(15)27)24-9-5-6-10-24;1-5-6-10-24-13-14(20-16(19-3)22(4)15(13)25)21-17(24)23-9-7-8-12(11-23)18-2;1-11(2,3)15-10(14)13(4)9-6-5-7-12-8-9;3-2(4,5)1(6)7;/h14H,9-13H2,1-6H3;13H,8-12H2,1-5H3;14H,5-13,20H2,1-2H3;12,18H,7-11H2,1-2,4H3;9,12H,5-8H2,1-4H3;(H,6,7);1H. The van der Waals surface area contributed by atoms with E-state index in [-0.39, 0.29) is 93.2 Å². The number of ether oxygens (including phenoxy) is 3. The molecule has 5 atom stereocenters. The third-order valence-electron chi connectivity index (χ3n) is 22.9. The second-order valence-electron chi connectivity index (χ2n) is 36.3. The molecular formula is C90H127Cl4F3N28O11. The van der Waals surface area contributed by atoms with E-state index < -0.39 is 28.9 Å². The fourth-order valence-electron chi connectivity index (χ4n) is 16.0. The lowest BCUT2D eigenvalue weighted by molar-refractivity contribution is -0.192. The number of fused-ring (bicyclic) bond motifs is 4. The van der Waals surface area contributed by atoms with Crippen LogP contribution in [0, 0.1) is 53.9 Å². The van der Waals surface area contributed by atoms with Gasteiger partial charge in [-0.2, -0.15) is 48.1 Å². The summed E-state index contributed by atoms with van der Waals surface area (Å²) in [4.78, 5) is 144. The number of hydrogen-bond acceptors (Lipinski definition) is 27. The second-order valence-corrected chi connectivity index (χ2v) is 37.3. The molecule has 8 aromatic rings. The predicted octanol–water partition coefficient (Wildman–Crippen LogP) is 10.9. The fourth-order valence-corrected chi connectivity index (χ4v) is 16.6. The highest BCUT2D eigenvalue weighted by Gasteiger charge is 2.40. The number of carboxylic acids is 1. The smallest absolute Gasteiger partial charge is 0.475 e. The number of carbonyl (C=O) groups excluding carboxylic acids is 3. The largest absolute Gasteiger partial charge is 0.490 e. The molecule has 0 saturated carbocycles. The van der Waals surface area contributed by atoms with Crippen LogP contribution in [0.4, 0.5) is 63.2 Å². The summed E-state index contributed by atoms with van der Waals surface area (Å²) in [5, 5.41) is 14.1. The molecule has 136 heavy (non-hydrogen) atoms. The summed E-state index contributed by atoms with van der Waals surface area (Å²) in [5.74, 6) is 24.5. The van der Waals surface area contributed by atoms with Crippen LogP contribution in [-0.2, 0) is 66.3 Å². The molecule has 0 spiro atoms. The van der Waals surface area contributed by atoms with Gasteiger partial charge in [0.1, 0.15) is 22.3 Å². The van der Waals surface area contributed by atoms with Crippen LogP contribution in [0.15, 0.2) is 14.4 Å². The molecule has 14 rings (SSSR count). The first-order valence-electron chi connectivity index (χ1n) is 44.9. The van der Waals surface area contributed by atoms with Crippen molar-refractivity contribution in [3.8, 4) is 47.4 Å². The highest BCUT2D eigenvalue weighted by molar-refractivity contribution is 6.35. The van der Waals surface area contributed by atoms with Crippen molar-refractivity contribution in [2.75, 3.05) is 131 Å². The number of piperidine rings is 5. The molecule has 8 aromatic heterocycles. The Morgan fingerprint density at radius 3 is 1.24 bits per heavy atom. The maximum atomic E-state index is 13.2. The summed E-state index contributed by atoms with van der Waals surface area (Å²) in [5.41, 5.74) is 7.49. The summed E-state index contributed by atoms with van der Waals surface area (Å²) >= 11 is 18.4. The van der Waals surface area contributed by atoms with Crippen molar-refractivity contribution in [2.24, 2.45) is 26.9 Å². The second kappa shape index (κ2) is 48.4. The number of nitrogens with zero attached hydrogens (tertiary/aromatic N) is 25. The minimum Gasteiger partial charge on any atom is -0.475 e. The highest BCUT2D eigenvalue weighted by atomic mass is 35.5. The number of nitrogens with one attached hydrogen (secondary N) is 2. The average molecular weight is 1980 g/mol. The number of rotatable bonds is 13. The van der Waals surface area contributed by atoms with Gasteiger partial charge < -0.3 is 79.7 Å². The number of nitrogens with two attached hydrogens (primary N) is 1. The molecule has 742 valence electrons. The molecule has 6 fully saturated rings. The topological polar surface area (TPSA) is 398 Å². The zero-order valence-corrected chi connectivity index (χ0v) is 84.2. The van der Waals surface area contributed by atoms with Crippen molar-refractivity contribution in [3.05, 3.63) is 58.2 Å². The Balaban J connectivity index is 0.000000207. The van der Waals surface area contributed by atoms with Crippen molar-refractivity contribution >= 4 is 152 Å². The van der Waals surface area contributed by atoms with E-state index in [9.17, 15) is 41.9 Å². The zero-order chi connectivity index (χ0) is 99.5. The monoisotopic (exact) mass is 1970 g/mol. The van der Waals surface area contributed by atoms with Crippen molar-refractivity contribution in [1.29, 1.82) is 0 Å². The molecule has 0 aromatic carbocycles. The van der Waals surface area contributed by atoms with Crippen LogP contribution in [0.5, 0.6) is 0 Å². The van der Waals surface area contributed by atoms with Crippen molar-refractivity contribution in [2.45, 2.75) is 246 Å². The van der Waals surface area contributed by atoms with E-state index in [0.717, 1.165) is 148 Å². The van der Waals surface area contributed by atoms with Crippen LogP contribution in [-0.4, -0.2) is 281 Å². The number of hydrogen-bond donors (Lipinski definition) is 4. The third-order valence-corrected chi connectivity index (χ3v) is 23.6. The Morgan fingerprint density at radius 1 is 0.493 bits per heavy atom. The van der Waals surface area contributed by atoms with Crippen LogP contribution in [0.1, 0.15) is 167 Å². The summed E-state index contributed by atoms with van der Waals surface area (Å²) < 4.78 is 59.7. The van der Waals surface area contributed by atoms with Gasteiger partial charge in [-0.25, -0.2) is 29.0 Å². The van der Waals surface area contributed by atoms with Gasteiger partial charge in [-0.3, -0.25) is 41.6 Å². The molecule has 6 saturated heterocycles. The fraction of sp³-hybridized carbons (Fsp3) is 0.633. The summed E-state index contributed by atoms with van der Waals surface area (Å²) in [6, 6.07) is 0.723. The lowest BCUT2D eigenvalue weighted by Gasteiger charge is -2.38. The number of halogens is 7. The SMILES string of the molecule is CC#CCn1c(N2CCCC(N(C)C(=O)OC(C)(C)C)C2)nc2nc(Cl)n(C)c(=O)c21.CC#CCn1c(N2CCCC(N(C)C(=O)OC(C)(C)C)C2)nc2nc(Cl)nc(Cl)c21.CC#CCn1c(N2CCCC(N)C2)nc2nc(N3CCCC3)n(C)c(=O)c21.CN(C(=O)OC(C)(C)C)C1CCCNC1.Cl.O=C(O)C(F)(F)F.[C-]#[N+]c1nc2nc(N3CCCC(NC)C3)n(CC#CC)c2c(=O)n1C. The molecular weight excluding hydrogens is 1850 g/mol. The van der Waals surface area contributed by atoms with Gasteiger partial charge in [-0.15, -0.1) is 47.6 Å². The van der Waals surface area contributed by atoms with Crippen LogP contribution in [0.3, 0.4) is 0 Å². The number of carboxylic acid groups (broad SMARTS) is 1. The first-order chi connectivity index (χ1) is 63.7. The van der Waals surface area contributed by atoms with Crippen LogP contribution in [0.2, 0.25) is 15.7 Å². The Morgan fingerprint density at radius 2 is 0.846 bits per heavy atom. The quantitative estimate of drug-likeness (QED) is 0.0274. The van der Waals surface area contributed by atoms with Crippen molar-refractivity contribution in [3.63, 3.8) is 0 Å². The molecule has 3 amide bonds. The van der Waals surface area contributed by atoms with E-state index in [0.29, 0.717) is 114 Å². The van der Waals surface area contributed by atoms with E-state index in [4.69, 9.17) is 81.2 Å². The minimum atomic E-state index is -5.08. The predicted molar refractivity (Wildman–Crippen MR) is 523 cm³/mol. The Kier molecular flexibility index (Phi) is 39.1. The van der Waals surface area contributed by atoms with Gasteiger partial charge in [0.15, 0.2) is 38.6 Å². The number of imidazole rings is 4. The van der Waals surface area contributed by atoms with Gasteiger partial charge in [0.2, 0.25) is 46.0 Å². The third kappa shape index (κ3) is 28.3. The maximum Gasteiger partial charge on any atom is 0.490 e. The first-order valence-corrected chi connectivity index (χ1v) is 46.0. The molecule has 6 aliphatic heterocycles. The van der Waals surface area contributed by atoms with Gasteiger partial charge in [0.05, 0.1) is 38.3 Å². The summed E-state index contributed by atoms with van der Waals surface area (Å²) in [6.07, 6.45) is 6.16. The van der Waals surface area contributed by atoms with Gasteiger partial charge in [0, 0.05) is 132 Å². The molecule has 5 N–H and O–H groups in total. The van der Waals surface area contributed by atoms with Crippen LogP contribution >= 0.6 is 47.2 Å². The lowest BCUT2D eigenvalue weighted by Crippen LogP contribution is -2.50. The normalized spacial score (nSPS) is 17.8.